The molecular formula is C17H15F3O4. The predicted octanol–water partition coefficient (Wildman–Crippen LogP) is 3.87. The normalized spacial score (nSPS) is 11.0. The van der Waals surface area contributed by atoms with Crippen molar-refractivity contribution in [2.75, 3.05) is 14.2 Å². The molecule has 0 fully saturated rings. The van der Waals surface area contributed by atoms with Crippen LogP contribution in [0.15, 0.2) is 42.5 Å². The number of hydrogen-bond acceptors (Lipinski definition) is 4. The number of benzene rings is 2. The molecule has 0 N–H and O–H groups in total. The van der Waals surface area contributed by atoms with E-state index >= 15 is 0 Å². The molecule has 0 radical (unpaired) electrons. The average molecular weight is 340 g/mol. The van der Waals surface area contributed by atoms with Crippen molar-refractivity contribution >= 4 is 5.97 Å². The molecule has 2 aromatic carbocycles. The molecule has 0 amide bonds. The first-order chi connectivity index (χ1) is 11.3. The van der Waals surface area contributed by atoms with Crippen molar-refractivity contribution in [1.82, 2.24) is 0 Å². The van der Waals surface area contributed by atoms with Crippen molar-refractivity contribution in [2.45, 2.75) is 12.6 Å². The summed E-state index contributed by atoms with van der Waals surface area (Å²) in [5.74, 6) is -0.426. The van der Waals surface area contributed by atoms with E-state index < -0.39 is 23.5 Å². The molecule has 0 atom stereocenters. The molecule has 0 aliphatic rings. The summed E-state index contributed by atoms with van der Waals surface area (Å²) in [6.45, 7) is 0. The average Bonchev–Trinajstić information content (AvgIpc) is 2.54. The van der Waals surface area contributed by atoms with Crippen molar-refractivity contribution in [1.29, 1.82) is 0 Å². The van der Waals surface area contributed by atoms with Gasteiger partial charge in [-0.25, -0.2) is 0 Å². The van der Waals surface area contributed by atoms with Crippen LogP contribution in [0, 0.1) is 0 Å². The van der Waals surface area contributed by atoms with Gasteiger partial charge in [0.2, 0.25) is 0 Å². The lowest BCUT2D eigenvalue weighted by atomic mass is 10.1. The molecule has 0 spiro atoms. The summed E-state index contributed by atoms with van der Waals surface area (Å²) in [7, 11) is 2.92. The maximum absolute atomic E-state index is 12.9. The van der Waals surface area contributed by atoms with E-state index in [1.807, 2.05) is 0 Å². The summed E-state index contributed by atoms with van der Waals surface area (Å²) in [6.07, 6.45) is -4.80. The molecular weight excluding hydrogens is 325 g/mol. The third kappa shape index (κ3) is 4.18. The molecule has 0 aliphatic heterocycles. The van der Waals surface area contributed by atoms with E-state index in [0.717, 1.165) is 12.1 Å². The minimum absolute atomic E-state index is 0.202. The number of para-hydroxylation sites is 1. The van der Waals surface area contributed by atoms with Crippen LogP contribution in [0.3, 0.4) is 0 Å². The second-order valence-electron chi connectivity index (χ2n) is 4.83. The SMILES string of the molecule is COc1ccc(CC(=O)Oc2ccccc2C(F)(F)F)cc1OC. The number of alkyl halides is 3. The van der Waals surface area contributed by atoms with E-state index in [9.17, 15) is 18.0 Å². The van der Waals surface area contributed by atoms with Gasteiger partial charge in [0.25, 0.3) is 0 Å². The quantitative estimate of drug-likeness (QED) is 0.612. The first kappa shape index (κ1) is 17.7. The Bertz CT molecular complexity index is 726. The molecule has 0 saturated carbocycles. The van der Waals surface area contributed by atoms with Crippen LogP contribution < -0.4 is 14.2 Å². The van der Waals surface area contributed by atoms with Gasteiger partial charge < -0.3 is 14.2 Å². The van der Waals surface area contributed by atoms with Gasteiger partial charge >= 0.3 is 12.1 Å². The van der Waals surface area contributed by atoms with Crippen LogP contribution in [-0.4, -0.2) is 20.2 Å². The van der Waals surface area contributed by atoms with E-state index in [0.29, 0.717) is 17.1 Å². The number of esters is 1. The molecule has 24 heavy (non-hydrogen) atoms. The maximum atomic E-state index is 12.9. The molecule has 128 valence electrons. The molecule has 0 bridgehead atoms. The lowest BCUT2D eigenvalue weighted by Crippen LogP contribution is -2.15. The molecule has 0 heterocycles. The van der Waals surface area contributed by atoms with E-state index in [-0.39, 0.29) is 6.42 Å². The summed E-state index contributed by atoms with van der Waals surface area (Å²) in [6, 6.07) is 9.34. The molecule has 0 aliphatic carbocycles. The minimum atomic E-state index is -4.60. The van der Waals surface area contributed by atoms with Crippen LogP contribution in [0.25, 0.3) is 0 Å². The highest BCUT2D eigenvalue weighted by atomic mass is 19.4. The van der Waals surface area contributed by atoms with Gasteiger partial charge in [-0.1, -0.05) is 18.2 Å². The summed E-state index contributed by atoms with van der Waals surface area (Å²) in [4.78, 5) is 12.0. The van der Waals surface area contributed by atoms with Gasteiger partial charge in [0, 0.05) is 0 Å². The van der Waals surface area contributed by atoms with Crippen molar-refractivity contribution in [3.8, 4) is 17.2 Å². The Hall–Kier alpha value is -2.70. The molecule has 7 heteroatoms. The number of methoxy groups -OCH3 is 2. The maximum Gasteiger partial charge on any atom is 0.419 e. The van der Waals surface area contributed by atoms with Crippen LogP contribution in [0.5, 0.6) is 17.2 Å². The van der Waals surface area contributed by atoms with Crippen LogP contribution in [0.4, 0.5) is 13.2 Å². The Morgan fingerprint density at radius 3 is 2.25 bits per heavy atom. The highest BCUT2D eigenvalue weighted by Gasteiger charge is 2.34. The molecule has 2 rings (SSSR count). The molecule has 0 saturated heterocycles. The standard InChI is InChI=1S/C17H15F3O4/c1-22-14-8-7-11(9-15(14)23-2)10-16(21)24-13-6-4-3-5-12(13)17(18,19)20/h3-9H,10H2,1-2H3. The number of rotatable bonds is 5. The molecule has 0 unspecified atom stereocenters. The first-order valence-corrected chi connectivity index (χ1v) is 6.93. The zero-order valence-corrected chi connectivity index (χ0v) is 13.0. The number of carbonyl (C=O) groups excluding carboxylic acids is 1. The van der Waals surface area contributed by atoms with Gasteiger partial charge in [-0.05, 0) is 29.8 Å². The van der Waals surface area contributed by atoms with E-state index in [4.69, 9.17) is 14.2 Å². The van der Waals surface area contributed by atoms with Crippen LogP contribution >= 0.6 is 0 Å². The molecule has 2 aromatic rings. The van der Waals surface area contributed by atoms with E-state index in [1.54, 1.807) is 18.2 Å². The van der Waals surface area contributed by atoms with Gasteiger partial charge in [-0.3, -0.25) is 4.79 Å². The van der Waals surface area contributed by atoms with Crippen LogP contribution in [0.1, 0.15) is 11.1 Å². The monoisotopic (exact) mass is 340 g/mol. The highest BCUT2D eigenvalue weighted by Crippen LogP contribution is 2.36. The summed E-state index contributed by atoms with van der Waals surface area (Å²) in [5, 5.41) is 0. The van der Waals surface area contributed by atoms with Crippen LogP contribution in [-0.2, 0) is 17.4 Å². The number of carbonyl (C=O) groups is 1. The number of hydrogen-bond donors (Lipinski definition) is 0. The zero-order valence-electron chi connectivity index (χ0n) is 13.0. The third-order valence-corrected chi connectivity index (χ3v) is 3.21. The van der Waals surface area contributed by atoms with Crippen molar-refractivity contribution in [3.63, 3.8) is 0 Å². The van der Waals surface area contributed by atoms with Crippen molar-refractivity contribution < 1.29 is 32.2 Å². The van der Waals surface area contributed by atoms with Crippen LogP contribution in [0.2, 0.25) is 0 Å². The topological polar surface area (TPSA) is 44.8 Å². The summed E-state index contributed by atoms with van der Waals surface area (Å²) < 4.78 is 53.7. The smallest absolute Gasteiger partial charge is 0.419 e. The minimum Gasteiger partial charge on any atom is -0.493 e. The second-order valence-corrected chi connectivity index (χ2v) is 4.83. The largest absolute Gasteiger partial charge is 0.493 e. The predicted molar refractivity (Wildman–Crippen MR) is 80.3 cm³/mol. The van der Waals surface area contributed by atoms with E-state index in [2.05, 4.69) is 0 Å². The Balaban J connectivity index is 2.15. The Kier molecular flexibility index (Phi) is 5.33. The van der Waals surface area contributed by atoms with E-state index in [1.165, 1.54) is 26.4 Å². The Labute approximate surface area is 136 Å². The number of ether oxygens (including phenoxy) is 3. The third-order valence-electron chi connectivity index (χ3n) is 3.21. The van der Waals surface area contributed by atoms with Gasteiger partial charge in [0.1, 0.15) is 5.75 Å². The van der Waals surface area contributed by atoms with Gasteiger partial charge in [0.05, 0.1) is 26.2 Å². The lowest BCUT2D eigenvalue weighted by molar-refractivity contribution is -0.142. The van der Waals surface area contributed by atoms with Gasteiger partial charge in [0.15, 0.2) is 11.5 Å². The fourth-order valence-electron chi connectivity index (χ4n) is 2.11. The van der Waals surface area contributed by atoms with Gasteiger partial charge in [-0.2, -0.15) is 13.2 Å². The highest BCUT2D eigenvalue weighted by molar-refractivity contribution is 5.76. The summed E-state index contributed by atoms with van der Waals surface area (Å²) in [5.41, 5.74) is -0.465. The fraction of sp³-hybridized carbons (Fsp3) is 0.235. The zero-order chi connectivity index (χ0) is 17.7. The molecule has 0 aromatic heterocycles. The number of halogens is 3. The Morgan fingerprint density at radius 2 is 1.62 bits per heavy atom. The van der Waals surface area contributed by atoms with Crippen molar-refractivity contribution in [2.24, 2.45) is 0 Å². The molecule has 4 nitrogen and oxygen atoms in total. The summed E-state index contributed by atoms with van der Waals surface area (Å²) >= 11 is 0. The Morgan fingerprint density at radius 1 is 0.958 bits per heavy atom. The first-order valence-electron chi connectivity index (χ1n) is 6.93. The lowest BCUT2D eigenvalue weighted by Gasteiger charge is -2.13. The van der Waals surface area contributed by atoms with Gasteiger partial charge in [-0.15, -0.1) is 0 Å². The second kappa shape index (κ2) is 7.25. The van der Waals surface area contributed by atoms with Crippen molar-refractivity contribution in [3.05, 3.63) is 53.6 Å². The fourth-order valence-corrected chi connectivity index (χ4v) is 2.11.